The predicted octanol–water partition coefficient (Wildman–Crippen LogP) is 1.56. The molecule has 0 aliphatic carbocycles. The van der Waals surface area contributed by atoms with Gasteiger partial charge in [0.15, 0.2) is 0 Å². The van der Waals surface area contributed by atoms with Crippen LogP contribution in [-0.2, 0) is 11.3 Å². The molecule has 7 heteroatoms. The zero-order chi connectivity index (χ0) is 19.6. The third-order valence-corrected chi connectivity index (χ3v) is 4.82. The highest BCUT2D eigenvalue weighted by Gasteiger charge is 2.30. The highest BCUT2D eigenvalue weighted by molar-refractivity contribution is 5.98. The lowest BCUT2D eigenvalue weighted by molar-refractivity contribution is 0.00793. The number of hydrogen-bond acceptors (Lipinski definition) is 5. The van der Waals surface area contributed by atoms with Crippen LogP contribution in [0.15, 0.2) is 24.3 Å². The SMILES string of the molecule is CC(C)(C)OC(=O)N1CCN(CC(O)CN2Cc3ccccc3C2=O)CC1. The number of carbonyl (C=O) groups excluding carboxylic acids is 2. The fourth-order valence-electron chi connectivity index (χ4n) is 3.51. The van der Waals surface area contributed by atoms with E-state index in [1.807, 2.05) is 45.0 Å². The monoisotopic (exact) mass is 375 g/mol. The number of piperazine rings is 1. The smallest absolute Gasteiger partial charge is 0.410 e. The van der Waals surface area contributed by atoms with Crippen molar-refractivity contribution in [3.05, 3.63) is 35.4 Å². The number of nitrogens with zero attached hydrogens (tertiary/aromatic N) is 3. The van der Waals surface area contributed by atoms with Crippen LogP contribution in [0.4, 0.5) is 4.79 Å². The van der Waals surface area contributed by atoms with Gasteiger partial charge in [-0.15, -0.1) is 0 Å². The van der Waals surface area contributed by atoms with E-state index in [0.29, 0.717) is 45.8 Å². The molecule has 2 heterocycles. The zero-order valence-electron chi connectivity index (χ0n) is 16.4. The quantitative estimate of drug-likeness (QED) is 0.865. The molecule has 1 saturated heterocycles. The van der Waals surface area contributed by atoms with Crippen LogP contribution in [0.5, 0.6) is 0 Å². The summed E-state index contributed by atoms with van der Waals surface area (Å²) in [7, 11) is 0. The van der Waals surface area contributed by atoms with Crippen LogP contribution in [0.3, 0.4) is 0 Å². The van der Waals surface area contributed by atoms with Crippen molar-refractivity contribution in [2.24, 2.45) is 0 Å². The van der Waals surface area contributed by atoms with E-state index in [4.69, 9.17) is 4.74 Å². The van der Waals surface area contributed by atoms with E-state index in [1.54, 1.807) is 9.80 Å². The van der Waals surface area contributed by atoms with Crippen LogP contribution in [0.1, 0.15) is 36.7 Å². The second kappa shape index (κ2) is 7.86. The highest BCUT2D eigenvalue weighted by atomic mass is 16.6. The van der Waals surface area contributed by atoms with E-state index in [0.717, 1.165) is 11.1 Å². The van der Waals surface area contributed by atoms with Crippen molar-refractivity contribution >= 4 is 12.0 Å². The second-order valence-corrected chi connectivity index (χ2v) is 8.26. The molecule has 1 atom stereocenters. The van der Waals surface area contributed by atoms with Gasteiger partial charge >= 0.3 is 6.09 Å². The molecule has 1 aromatic rings. The van der Waals surface area contributed by atoms with Crippen molar-refractivity contribution in [3.8, 4) is 0 Å². The van der Waals surface area contributed by atoms with Gasteiger partial charge in [-0.1, -0.05) is 18.2 Å². The summed E-state index contributed by atoms with van der Waals surface area (Å²) in [5.74, 6) is -0.0144. The van der Waals surface area contributed by atoms with Gasteiger partial charge in [-0.05, 0) is 32.4 Å². The lowest BCUT2D eigenvalue weighted by Crippen LogP contribution is -2.52. The lowest BCUT2D eigenvalue weighted by atomic mass is 10.1. The van der Waals surface area contributed by atoms with Crippen LogP contribution in [0.25, 0.3) is 0 Å². The Hall–Kier alpha value is -2.12. The summed E-state index contributed by atoms with van der Waals surface area (Å²) in [6, 6.07) is 7.58. The van der Waals surface area contributed by atoms with Crippen LogP contribution in [0, 0.1) is 0 Å². The number of carbonyl (C=O) groups is 2. The average Bonchev–Trinajstić information content (AvgIpc) is 2.90. The van der Waals surface area contributed by atoms with E-state index in [9.17, 15) is 14.7 Å². The molecular weight excluding hydrogens is 346 g/mol. The molecule has 2 aliphatic heterocycles. The zero-order valence-corrected chi connectivity index (χ0v) is 16.4. The van der Waals surface area contributed by atoms with Gasteiger partial charge in [0.1, 0.15) is 5.60 Å². The molecule has 1 aromatic carbocycles. The Morgan fingerprint density at radius 3 is 2.44 bits per heavy atom. The maximum absolute atomic E-state index is 12.4. The Labute approximate surface area is 160 Å². The largest absolute Gasteiger partial charge is 0.444 e. The highest BCUT2D eigenvalue weighted by Crippen LogP contribution is 2.22. The first kappa shape index (κ1) is 19.6. The normalized spacial score (nSPS) is 19.2. The number of β-amino-alcohol motifs (C(OH)–C–C–N with tert-alkyl or cyclic N) is 1. The van der Waals surface area contributed by atoms with E-state index in [-0.39, 0.29) is 12.0 Å². The number of hydrogen-bond donors (Lipinski definition) is 1. The van der Waals surface area contributed by atoms with Crippen LogP contribution < -0.4 is 0 Å². The molecule has 2 amide bonds. The Balaban J connectivity index is 1.43. The molecule has 2 aliphatic rings. The lowest BCUT2D eigenvalue weighted by Gasteiger charge is -2.36. The van der Waals surface area contributed by atoms with Gasteiger partial charge in [0.05, 0.1) is 6.10 Å². The molecule has 0 radical (unpaired) electrons. The van der Waals surface area contributed by atoms with Crippen LogP contribution in [-0.4, -0.2) is 82.8 Å². The fraction of sp³-hybridized carbons (Fsp3) is 0.600. The van der Waals surface area contributed by atoms with Gasteiger partial charge < -0.3 is 19.6 Å². The number of amides is 2. The van der Waals surface area contributed by atoms with Crippen molar-refractivity contribution in [3.63, 3.8) is 0 Å². The molecule has 7 nitrogen and oxygen atoms in total. The number of rotatable bonds is 4. The third kappa shape index (κ3) is 4.99. The van der Waals surface area contributed by atoms with Gasteiger partial charge in [-0.3, -0.25) is 9.69 Å². The van der Waals surface area contributed by atoms with Gasteiger partial charge in [0.2, 0.25) is 0 Å². The maximum atomic E-state index is 12.4. The van der Waals surface area contributed by atoms with Gasteiger partial charge in [-0.2, -0.15) is 0 Å². The Bertz CT molecular complexity index is 693. The van der Waals surface area contributed by atoms with Gasteiger partial charge in [-0.25, -0.2) is 4.79 Å². The molecule has 27 heavy (non-hydrogen) atoms. The Morgan fingerprint density at radius 1 is 1.15 bits per heavy atom. The third-order valence-electron chi connectivity index (χ3n) is 4.82. The van der Waals surface area contributed by atoms with Gasteiger partial charge in [0, 0.05) is 51.4 Å². The topological polar surface area (TPSA) is 73.3 Å². The Morgan fingerprint density at radius 2 is 1.81 bits per heavy atom. The summed E-state index contributed by atoms with van der Waals surface area (Å²) >= 11 is 0. The summed E-state index contributed by atoms with van der Waals surface area (Å²) in [6.07, 6.45) is -0.903. The second-order valence-electron chi connectivity index (χ2n) is 8.26. The first-order valence-corrected chi connectivity index (χ1v) is 9.48. The molecular formula is C20H29N3O4. The molecule has 1 fully saturated rings. The summed E-state index contributed by atoms with van der Waals surface area (Å²) in [5.41, 5.74) is 1.25. The van der Waals surface area contributed by atoms with Crippen LogP contribution in [0.2, 0.25) is 0 Å². The maximum Gasteiger partial charge on any atom is 0.410 e. The fourth-order valence-corrected chi connectivity index (χ4v) is 3.51. The molecule has 1 unspecified atom stereocenters. The number of aliphatic hydroxyl groups excluding tert-OH is 1. The summed E-state index contributed by atoms with van der Waals surface area (Å²) in [5, 5.41) is 10.4. The van der Waals surface area contributed by atoms with Crippen molar-refractivity contribution in [2.75, 3.05) is 39.3 Å². The van der Waals surface area contributed by atoms with Crippen LogP contribution >= 0.6 is 0 Å². The number of benzene rings is 1. The number of aliphatic hydroxyl groups is 1. The van der Waals surface area contributed by atoms with E-state index >= 15 is 0 Å². The molecule has 1 N–H and O–H groups in total. The summed E-state index contributed by atoms with van der Waals surface area (Å²) in [4.78, 5) is 30.0. The van der Waals surface area contributed by atoms with E-state index in [2.05, 4.69) is 4.90 Å². The van der Waals surface area contributed by atoms with E-state index in [1.165, 1.54) is 0 Å². The van der Waals surface area contributed by atoms with E-state index < -0.39 is 11.7 Å². The number of fused-ring (bicyclic) bond motifs is 1. The van der Waals surface area contributed by atoms with Crippen molar-refractivity contribution < 1.29 is 19.4 Å². The molecule has 0 saturated carbocycles. The van der Waals surface area contributed by atoms with Crippen molar-refractivity contribution in [1.29, 1.82) is 0 Å². The molecule has 0 spiro atoms. The van der Waals surface area contributed by atoms with Crippen molar-refractivity contribution in [1.82, 2.24) is 14.7 Å². The number of ether oxygens (including phenoxy) is 1. The predicted molar refractivity (Wildman–Crippen MR) is 101 cm³/mol. The summed E-state index contributed by atoms with van der Waals surface area (Å²) < 4.78 is 5.40. The average molecular weight is 375 g/mol. The molecule has 3 rings (SSSR count). The minimum absolute atomic E-state index is 0.0144. The standard InChI is InChI=1S/C20H29N3O4/c1-20(2,3)27-19(26)22-10-8-21(9-11-22)13-16(24)14-23-12-15-6-4-5-7-17(15)18(23)25/h4-7,16,24H,8-14H2,1-3H3. The molecule has 0 aromatic heterocycles. The minimum Gasteiger partial charge on any atom is -0.444 e. The summed E-state index contributed by atoms with van der Waals surface area (Å²) in [6.45, 7) is 9.46. The molecule has 0 bridgehead atoms. The van der Waals surface area contributed by atoms with Gasteiger partial charge in [0.25, 0.3) is 5.91 Å². The first-order chi connectivity index (χ1) is 12.7. The first-order valence-electron chi connectivity index (χ1n) is 9.48. The molecule has 148 valence electrons. The van der Waals surface area contributed by atoms with Crippen molar-refractivity contribution in [2.45, 2.75) is 39.0 Å². The Kier molecular flexibility index (Phi) is 5.72. The minimum atomic E-state index is -0.615.